The van der Waals surface area contributed by atoms with Crippen LogP contribution in [-0.2, 0) is 16.0 Å². The first-order valence-corrected chi connectivity index (χ1v) is 5.01. The summed E-state index contributed by atoms with van der Waals surface area (Å²) in [5.74, 6) is -1.59. The zero-order chi connectivity index (χ0) is 13.8. The Kier molecular flexibility index (Phi) is 4.66. The first-order valence-electron chi connectivity index (χ1n) is 5.01. The topological polar surface area (TPSA) is 52.3 Å². The molecular formula is C11H11F4NO2. The zero-order valence-corrected chi connectivity index (χ0v) is 9.21. The number of nitrogens with two attached hydrogens (primary N) is 1. The van der Waals surface area contributed by atoms with E-state index in [1.54, 1.807) is 0 Å². The smallest absolute Gasteiger partial charge is 0.422 e. The predicted molar refractivity (Wildman–Crippen MR) is 55.1 cm³/mol. The molecule has 0 aliphatic carbocycles. The average Bonchev–Trinajstić information content (AvgIpc) is 2.28. The molecule has 0 heterocycles. The van der Waals surface area contributed by atoms with Gasteiger partial charge in [-0.05, 0) is 24.1 Å². The molecule has 1 aromatic rings. The van der Waals surface area contributed by atoms with Crippen molar-refractivity contribution in [2.45, 2.75) is 18.6 Å². The number of carbonyl (C=O) groups is 1. The van der Waals surface area contributed by atoms with Gasteiger partial charge in [-0.1, -0.05) is 12.1 Å². The van der Waals surface area contributed by atoms with Gasteiger partial charge in [0.05, 0.1) is 0 Å². The first kappa shape index (κ1) is 14.4. The van der Waals surface area contributed by atoms with Crippen LogP contribution in [0.15, 0.2) is 24.3 Å². The molecule has 0 aliphatic heterocycles. The lowest BCUT2D eigenvalue weighted by molar-refractivity contribution is -0.187. The lowest BCUT2D eigenvalue weighted by Gasteiger charge is -2.12. The Balaban J connectivity index is 2.47. The zero-order valence-electron chi connectivity index (χ0n) is 9.21. The molecule has 1 atom stereocenters. The number of hydrogen-bond donors (Lipinski definition) is 1. The molecule has 0 aliphatic rings. The van der Waals surface area contributed by atoms with E-state index in [0.29, 0.717) is 5.56 Å². The lowest BCUT2D eigenvalue weighted by Crippen LogP contribution is -2.36. The van der Waals surface area contributed by atoms with E-state index in [4.69, 9.17) is 5.73 Å². The maximum Gasteiger partial charge on any atom is 0.422 e. The SMILES string of the molecule is N[C@@H](Cc1ccc(F)cc1)C(=O)OCC(F)(F)F. The van der Waals surface area contributed by atoms with Crippen molar-refractivity contribution in [2.24, 2.45) is 5.73 Å². The van der Waals surface area contributed by atoms with Gasteiger partial charge in [0.15, 0.2) is 6.61 Å². The molecule has 0 saturated heterocycles. The highest BCUT2D eigenvalue weighted by atomic mass is 19.4. The summed E-state index contributed by atoms with van der Waals surface area (Å²) in [6, 6.07) is 3.92. The Morgan fingerprint density at radius 3 is 2.33 bits per heavy atom. The van der Waals surface area contributed by atoms with Crippen LogP contribution in [0.3, 0.4) is 0 Å². The number of rotatable bonds is 4. The van der Waals surface area contributed by atoms with Crippen LogP contribution in [0.5, 0.6) is 0 Å². The molecule has 0 amide bonds. The van der Waals surface area contributed by atoms with Gasteiger partial charge in [0, 0.05) is 0 Å². The van der Waals surface area contributed by atoms with Gasteiger partial charge in [0.1, 0.15) is 11.9 Å². The van der Waals surface area contributed by atoms with Gasteiger partial charge < -0.3 is 10.5 Å². The highest BCUT2D eigenvalue weighted by Crippen LogP contribution is 2.15. The maximum absolute atomic E-state index is 12.6. The highest BCUT2D eigenvalue weighted by Gasteiger charge is 2.30. The van der Waals surface area contributed by atoms with Crippen molar-refractivity contribution in [1.82, 2.24) is 0 Å². The Hall–Kier alpha value is -1.63. The molecule has 0 fully saturated rings. The summed E-state index contributed by atoms with van der Waals surface area (Å²) in [6.07, 6.45) is -4.60. The molecule has 1 rings (SSSR count). The summed E-state index contributed by atoms with van der Waals surface area (Å²) in [7, 11) is 0. The van der Waals surface area contributed by atoms with E-state index >= 15 is 0 Å². The summed E-state index contributed by atoms with van der Waals surface area (Å²) in [4.78, 5) is 11.1. The molecular weight excluding hydrogens is 254 g/mol. The van der Waals surface area contributed by atoms with Gasteiger partial charge >= 0.3 is 12.1 Å². The molecule has 18 heavy (non-hydrogen) atoms. The van der Waals surface area contributed by atoms with Crippen LogP contribution >= 0.6 is 0 Å². The average molecular weight is 265 g/mol. The number of alkyl halides is 3. The van der Waals surface area contributed by atoms with Crippen molar-refractivity contribution in [1.29, 1.82) is 0 Å². The molecule has 0 saturated carbocycles. The second kappa shape index (κ2) is 5.81. The van der Waals surface area contributed by atoms with Gasteiger partial charge in [-0.25, -0.2) is 4.39 Å². The molecule has 1 aromatic carbocycles. The third-order valence-corrected chi connectivity index (χ3v) is 2.05. The molecule has 0 spiro atoms. The predicted octanol–water partition coefficient (Wildman–Crippen LogP) is 1.80. The number of ether oxygens (including phenoxy) is 1. The molecule has 2 N–H and O–H groups in total. The molecule has 100 valence electrons. The third-order valence-electron chi connectivity index (χ3n) is 2.05. The van der Waals surface area contributed by atoms with Crippen LogP contribution in [0.4, 0.5) is 17.6 Å². The van der Waals surface area contributed by atoms with Crippen molar-refractivity contribution in [3.05, 3.63) is 35.6 Å². The second-order valence-corrected chi connectivity index (χ2v) is 3.66. The summed E-state index contributed by atoms with van der Waals surface area (Å²) < 4.78 is 52.0. The van der Waals surface area contributed by atoms with Crippen molar-refractivity contribution in [2.75, 3.05) is 6.61 Å². The number of benzene rings is 1. The number of halogens is 4. The minimum Gasteiger partial charge on any atom is -0.455 e. The van der Waals surface area contributed by atoms with Gasteiger partial charge in [0.2, 0.25) is 0 Å². The largest absolute Gasteiger partial charge is 0.455 e. The van der Waals surface area contributed by atoms with E-state index in [1.807, 2.05) is 0 Å². The Morgan fingerprint density at radius 2 is 1.83 bits per heavy atom. The lowest BCUT2D eigenvalue weighted by atomic mass is 10.1. The molecule has 0 aromatic heterocycles. The van der Waals surface area contributed by atoms with Crippen LogP contribution in [0.25, 0.3) is 0 Å². The number of carbonyl (C=O) groups excluding carboxylic acids is 1. The van der Waals surface area contributed by atoms with Crippen molar-refractivity contribution < 1.29 is 27.1 Å². The summed E-state index contributed by atoms with van der Waals surface area (Å²) >= 11 is 0. The van der Waals surface area contributed by atoms with Gasteiger partial charge in [0.25, 0.3) is 0 Å². The Morgan fingerprint density at radius 1 is 1.28 bits per heavy atom. The van der Waals surface area contributed by atoms with Crippen molar-refractivity contribution >= 4 is 5.97 Å². The normalized spacial score (nSPS) is 13.2. The Labute approximate surface area is 101 Å². The van der Waals surface area contributed by atoms with Crippen LogP contribution in [0, 0.1) is 5.82 Å². The van der Waals surface area contributed by atoms with Crippen molar-refractivity contribution in [3.8, 4) is 0 Å². The standard InChI is InChI=1S/C11H11F4NO2/c12-8-3-1-7(2-4-8)5-9(16)10(17)18-6-11(13,14)15/h1-4,9H,5-6,16H2/t9-/m0/s1. The minimum absolute atomic E-state index is 0.0169. The van der Waals surface area contributed by atoms with Gasteiger partial charge in [-0.15, -0.1) is 0 Å². The number of esters is 1. The quantitative estimate of drug-likeness (QED) is 0.667. The highest BCUT2D eigenvalue weighted by molar-refractivity contribution is 5.75. The fraction of sp³-hybridized carbons (Fsp3) is 0.364. The first-order chi connectivity index (χ1) is 8.28. The van der Waals surface area contributed by atoms with E-state index in [0.717, 1.165) is 0 Å². The van der Waals surface area contributed by atoms with Crippen LogP contribution in [-0.4, -0.2) is 24.8 Å². The maximum atomic E-state index is 12.6. The van der Waals surface area contributed by atoms with Crippen LogP contribution in [0.1, 0.15) is 5.56 Å². The summed E-state index contributed by atoms with van der Waals surface area (Å²) in [5, 5.41) is 0. The molecule has 3 nitrogen and oxygen atoms in total. The van der Waals surface area contributed by atoms with Crippen molar-refractivity contribution in [3.63, 3.8) is 0 Å². The number of hydrogen-bond acceptors (Lipinski definition) is 3. The van der Waals surface area contributed by atoms with Crippen LogP contribution < -0.4 is 5.73 Å². The van der Waals surface area contributed by atoms with Gasteiger partial charge in [-0.3, -0.25) is 4.79 Å². The Bertz CT molecular complexity index is 402. The monoisotopic (exact) mass is 265 g/mol. The van der Waals surface area contributed by atoms with E-state index in [1.165, 1.54) is 24.3 Å². The third kappa shape index (κ3) is 5.13. The minimum atomic E-state index is -4.58. The molecule has 7 heteroatoms. The fourth-order valence-corrected chi connectivity index (χ4v) is 1.22. The summed E-state index contributed by atoms with van der Waals surface area (Å²) in [6.45, 7) is -1.66. The van der Waals surface area contributed by atoms with Gasteiger partial charge in [-0.2, -0.15) is 13.2 Å². The molecule has 0 unspecified atom stereocenters. The fourth-order valence-electron chi connectivity index (χ4n) is 1.22. The van der Waals surface area contributed by atoms with E-state index in [2.05, 4.69) is 4.74 Å². The second-order valence-electron chi connectivity index (χ2n) is 3.66. The van der Waals surface area contributed by atoms with E-state index in [-0.39, 0.29) is 6.42 Å². The molecule has 0 bridgehead atoms. The van der Waals surface area contributed by atoms with Crippen LogP contribution in [0.2, 0.25) is 0 Å². The van der Waals surface area contributed by atoms with E-state index < -0.39 is 30.6 Å². The molecule has 0 radical (unpaired) electrons. The van der Waals surface area contributed by atoms with E-state index in [9.17, 15) is 22.4 Å². The summed E-state index contributed by atoms with van der Waals surface area (Å²) in [5.41, 5.74) is 5.92.